The quantitative estimate of drug-likeness (QED) is 0.841. The van der Waals surface area contributed by atoms with Gasteiger partial charge in [0.25, 0.3) is 0 Å². The van der Waals surface area contributed by atoms with Crippen LogP contribution < -0.4 is 10.6 Å². The van der Waals surface area contributed by atoms with Crippen molar-refractivity contribution in [3.05, 3.63) is 54.4 Å². The molecule has 0 spiro atoms. The fourth-order valence-corrected chi connectivity index (χ4v) is 4.34. The Morgan fingerprint density at radius 3 is 2.31 bits per heavy atom. The van der Waals surface area contributed by atoms with Gasteiger partial charge in [0.2, 0.25) is 10.0 Å². The van der Waals surface area contributed by atoms with Crippen LogP contribution >= 0.6 is 0 Å². The lowest BCUT2D eigenvalue weighted by molar-refractivity contribution is 0.251. The van der Waals surface area contributed by atoms with Crippen LogP contribution in [-0.2, 0) is 16.6 Å². The van der Waals surface area contributed by atoms with Gasteiger partial charge in [0, 0.05) is 37.7 Å². The number of hydrogen-bond donors (Lipinski definition) is 2. The number of piperidine rings is 1. The largest absolute Gasteiger partial charge is 0.334 e. The van der Waals surface area contributed by atoms with Gasteiger partial charge in [0.05, 0.1) is 4.90 Å². The van der Waals surface area contributed by atoms with E-state index in [0.29, 0.717) is 25.3 Å². The van der Waals surface area contributed by atoms with Gasteiger partial charge in [0.15, 0.2) is 0 Å². The highest BCUT2D eigenvalue weighted by Gasteiger charge is 2.25. The summed E-state index contributed by atoms with van der Waals surface area (Å²) in [5.74, 6) is 0. The third kappa shape index (κ3) is 4.59. The van der Waals surface area contributed by atoms with Crippen LogP contribution in [0.4, 0.5) is 10.5 Å². The molecule has 2 N–H and O–H groups in total. The number of rotatable bonds is 5. The van der Waals surface area contributed by atoms with Crippen LogP contribution in [0.15, 0.2) is 53.7 Å². The van der Waals surface area contributed by atoms with Crippen molar-refractivity contribution in [2.24, 2.45) is 0 Å². The Bertz CT molecular complexity index is 832. The Labute approximate surface area is 153 Å². The third-order valence-corrected chi connectivity index (χ3v) is 6.18. The van der Waals surface area contributed by atoms with Crippen LogP contribution in [-0.4, -0.2) is 36.8 Å². The molecule has 0 unspecified atom stereocenters. The first-order chi connectivity index (χ1) is 12.6. The molecule has 2 amide bonds. The van der Waals surface area contributed by atoms with E-state index in [1.165, 1.54) is 16.4 Å². The smallest absolute Gasteiger partial charge is 0.319 e. The van der Waals surface area contributed by atoms with Crippen LogP contribution in [0.5, 0.6) is 0 Å². The fraction of sp³-hybridized carbons (Fsp3) is 0.333. The Balaban J connectivity index is 1.58. The summed E-state index contributed by atoms with van der Waals surface area (Å²) in [6, 6.07) is 9.55. The molecule has 1 aliphatic heterocycles. The van der Waals surface area contributed by atoms with E-state index in [-0.39, 0.29) is 10.9 Å². The lowest BCUT2D eigenvalue weighted by Gasteiger charge is -2.25. The van der Waals surface area contributed by atoms with Crippen molar-refractivity contribution in [2.75, 3.05) is 18.4 Å². The Morgan fingerprint density at radius 1 is 1.00 bits per heavy atom. The summed E-state index contributed by atoms with van der Waals surface area (Å²) in [6.07, 6.45) is 6.20. The normalized spacial score (nSPS) is 15.4. The molecule has 0 atom stereocenters. The summed E-state index contributed by atoms with van der Waals surface area (Å²) in [6.45, 7) is 1.52. The highest BCUT2D eigenvalue weighted by Crippen LogP contribution is 2.21. The maximum atomic E-state index is 12.6. The average molecular weight is 374 g/mol. The van der Waals surface area contributed by atoms with Gasteiger partial charge in [-0.25, -0.2) is 13.2 Å². The highest BCUT2D eigenvalue weighted by atomic mass is 32.2. The zero-order valence-corrected chi connectivity index (χ0v) is 15.2. The van der Waals surface area contributed by atoms with Gasteiger partial charge in [-0.15, -0.1) is 0 Å². The summed E-state index contributed by atoms with van der Waals surface area (Å²) < 4.78 is 26.7. The summed E-state index contributed by atoms with van der Waals surface area (Å²) >= 11 is 0. The number of nitrogens with zero attached hydrogens (tertiary/aromatic N) is 2. The maximum Gasteiger partial charge on any atom is 0.319 e. The van der Waals surface area contributed by atoms with Crippen molar-refractivity contribution in [2.45, 2.75) is 30.7 Å². The molecular formula is C18H22N4O3S. The predicted octanol–water partition coefficient (Wildman–Crippen LogP) is 2.58. The van der Waals surface area contributed by atoms with Gasteiger partial charge < -0.3 is 10.6 Å². The lowest BCUT2D eigenvalue weighted by Crippen LogP contribution is -2.35. The zero-order chi connectivity index (χ0) is 18.4. The monoisotopic (exact) mass is 374 g/mol. The number of anilines is 1. The number of amides is 2. The third-order valence-electron chi connectivity index (χ3n) is 4.27. The van der Waals surface area contributed by atoms with Crippen LogP contribution in [0.1, 0.15) is 24.8 Å². The minimum absolute atomic E-state index is 0.252. The van der Waals surface area contributed by atoms with Gasteiger partial charge in [0.1, 0.15) is 0 Å². The maximum absolute atomic E-state index is 12.6. The second-order valence-electron chi connectivity index (χ2n) is 6.15. The van der Waals surface area contributed by atoms with Crippen LogP contribution in [0.3, 0.4) is 0 Å². The topological polar surface area (TPSA) is 91.4 Å². The Morgan fingerprint density at radius 2 is 1.65 bits per heavy atom. The number of sulfonamides is 1. The molecule has 0 radical (unpaired) electrons. The van der Waals surface area contributed by atoms with Gasteiger partial charge in [-0.2, -0.15) is 4.31 Å². The lowest BCUT2D eigenvalue weighted by atomic mass is 10.2. The molecule has 1 aromatic carbocycles. The van der Waals surface area contributed by atoms with Crippen molar-refractivity contribution in [3.63, 3.8) is 0 Å². The van der Waals surface area contributed by atoms with Crippen molar-refractivity contribution >= 4 is 21.7 Å². The summed E-state index contributed by atoms with van der Waals surface area (Å²) in [5, 5.41) is 5.44. The van der Waals surface area contributed by atoms with Crippen LogP contribution in [0.25, 0.3) is 0 Å². The van der Waals surface area contributed by atoms with E-state index in [1.54, 1.807) is 24.5 Å². The van der Waals surface area contributed by atoms with Gasteiger partial charge in [-0.3, -0.25) is 4.98 Å². The molecule has 2 aromatic rings. The molecule has 2 heterocycles. The van der Waals surface area contributed by atoms with Gasteiger partial charge >= 0.3 is 6.03 Å². The van der Waals surface area contributed by atoms with Crippen molar-refractivity contribution in [1.82, 2.24) is 14.6 Å². The van der Waals surface area contributed by atoms with Crippen LogP contribution in [0.2, 0.25) is 0 Å². The molecule has 8 heteroatoms. The Hall–Kier alpha value is -2.45. The molecule has 0 saturated carbocycles. The number of urea groups is 1. The number of nitrogens with one attached hydrogen (secondary N) is 2. The number of carbonyl (C=O) groups is 1. The number of hydrogen-bond acceptors (Lipinski definition) is 4. The molecule has 138 valence electrons. The average Bonchev–Trinajstić information content (AvgIpc) is 2.68. The molecular weight excluding hydrogens is 352 g/mol. The van der Waals surface area contributed by atoms with Crippen LogP contribution in [0, 0.1) is 0 Å². The minimum Gasteiger partial charge on any atom is -0.334 e. The summed E-state index contributed by atoms with van der Waals surface area (Å²) in [4.78, 5) is 16.1. The van der Waals surface area contributed by atoms with E-state index in [9.17, 15) is 13.2 Å². The minimum atomic E-state index is -3.45. The predicted molar refractivity (Wildman–Crippen MR) is 99.1 cm³/mol. The summed E-state index contributed by atoms with van der Waals surface area (Å²) in [7, 11) is -3.45. The van der Waals surface area contributed by atoms with E-state index < -0.39 is 10.0 Å². The molecule has 0 aliphatic carbocycles. The van der Waals surface area contributed by atoms with Crippen molar-refractivity contribution < 1.29 is 13.2 Å². The molecule has 26 heavy (non-hydrogen) atoms. The first-order valence-electron chi connectivity index (χ1n) is 8.60. The molecule has 1 aromatic heterocycles. The van der Waals surface area contributed by atoms with Crippen molar-refractivity contribution in [3.8, 4) is 0 Å². The number of carbonyl (C=O) groups excluding carboxylic acids is 1. The molecule has 1 saturated heterocycles. The number of pyridine rings is 1. The molecule has 1 fully saturated rings. The number of aromatic nitrogens is 1. The fourth-order valence-electron chi connectivity index (χ4n) is 2.82. The second-order valence-corrected chi connectivity index (χ2v) is 8.09. The molecule has 1 aliphatic rings. The Kier molecular flexibility index (Phi) is 5.85. The van der Waals surface area contributed by atoms with E-state index in [0.717, 1.165) is 24.8 Å². The molecule has 7 nitrogen and oxygen atoms in total. The van der Waals surface area contributed by atoms with Gasteiger partial charge in [-0.05, 0) is 54.8 Å². The first kappa shape index (κ1) is 18.3. The SMILES string of the molecule is O=C(NCc1ccncc1)Nc1ccc(S(=O)(=O)N2CCCCC2)cc1. The number of benzene rings is 1. The zero-order valence-electron chi connectivity index (χ0n) is 14.4. The van der Waals surface area contributed by atoms with Gasteiger partial charge in [-0.1, -0.05) is 6.42 Å². The van der Waals surface area contributed by atoms with E-state index in [1.807, 2.05) is 12.1 Å². The van der Waals surface area contributed by atoms with E-state index >= 15 is 0 Å². The highest BCUT2D eigenvalue weighted by molar-refractivity contribution is 7.89. The summed E-state index contributed by atoms with van der Waals surface area (Å²) in [5.41, 5.74) is 1.48. The van der Waals surface area contributed by atoms with E-state index in [2.05, 4.69) is 15.6 Å². The first-order valence-corrected chi connectivity index (χ1v) is 10.0. The second kappa shape index (κ2) is 8.29. The van der Waals surface area contributed by atoms with E-state index in [4.69, 9.17) is 0 Å². The molecule has 3 rings (SSSR count). The van der Waals surface area contributed by atoms with Crippen molar-refractivity contribution in [1.29, 1.82) is 0 Å². The standard InChI is InChI=1S/C18H22N4O3S/c23-18(20-14-15-8-10-19-11-9-15)21-16-4-6-17(7-5-16)26(24,25)22-12-2-1-3-13-22/h4-11H,1-3,12-14H2,(H2,20,21,23). The molecule has 0 bridgehead atoms.